The zero-order valence-corrected chi connectivity index (χ0v) is 9.71. The molecular formula is C11H22N2O2. The Hall–Kier alpha value is -0.610. The number of hydrogen-bond acceptors (Lipinski definition) is 3. The molecule has 0 aliphatic carbocycles. The molecule has 15 heavy (non-hydrogen) atoms. The van der Waals surface area contributed by atoms with E-state index in [-0.39, 0.29) is 11.9 Å². The molecule has 1 unspecified atom stereocenters. The zero-order valence-electron chi connectivity index (χ0n) is 9.71. The van der Waals surface area contributed by atoms with Crippen LogP contribution < -0.4 is 10.6 Å². The van der Waals surface area contributed by atoms with Crippen LogP contribution in [0.5, 0.6) is 0 Å². The number of amides is 1. The fourth-order valence-electron chi connectivity index (χ4n) is 1.82. The molecule has 0 aromatic rings. The summed E-state index contributed by atoms with van der Waals surface area (Å²) in [4.78, 5) is 11.7. The predicted molar refractivity (Wildman–Crippen MR) is 59.7 cm³/mol. The SMILES string of the molecule is COCC(C)CNC(=O)[C@@H]1CCCCN1. The molecule has 0 radical (unpaired) electrons. The molecule has 0 spiro atoms. The van der Waals surface area contributed by atoms with E-state index in [0.717, 1.165) is 19.4 Å². The van der Waals surface area contributed by atoms with E-state index in [1.54, 1.807) is 7.11 Å². The monoisotopic (exact) mass is 214 g/mol. The minimum absolute atomic E-state index is 0.0218. The van der Waals surface area contributed by atoms with Crippen LogP contribution in [0, 0.1) is 5.92 Å². The minimum atomic E-state index is 0.0218. The highest BCUT2D eigenvalue weighted by molar-refractivity contribution is 5.81. The van der Waals surface area contributed by atoms with Gasteiger partial charge >= 0.3 is 0 Å². The molecule has 1 rings (SSSR count). The van der Waals surface area contributed by atoms with Gasteiger partial charge in [-0.05, 0) is 25.3 Å². The third-order valence-corrected chi connectivity index (χ3v) is 2.70. The van der Waals surface area contributed by atoms with Gasteiger partial charge < -0.3 is 15.4 Å². The molecule has 4 nitrogen and oxygen atoms in total. The maximum Gasteiger partial charge on any atom is 0.237 e. The van der Waals surface area contributed by atoms with Gasteiger partial charge in [-0.3, -0.25) is 4.79 Å². The smallest absolute Gasteiger partial charge is 0.237 e. The van der Waals surface area contributed by atoms with E-state index in [0.29, 0.717) is 19.1 Å². The second-order valence-electron chi connectivity index (χ2n) is 4.31. The van der Waals surface area contributed by atoms with Crippen LogP contribution in [0.2, 0.25) is 0 Å². The first-order valence-electron chi connectivity index (χ1n) is 5.74. The molecule has 0 saturated carbocycles. The quantitative estimate of drug-likeness (QED) is 0.702. The fourth-order valence-corrected chi connectivity index (χ4v) is 1.82. The second kappa shape index (κ2) is 6.80. The second-order valence-corrected chi connectivity index (χ2v) is 4.31. The van der Waals surface area contributed by atoms with Crippen molar-refractivity contribution in [2.24, 2.45) is 5.92 Å². The molecule has 1 aliphatic rings. The van der Waals surface area contributed by atoms with E-state index in [2.05, 4.69) is 17.6 Å². The number of carbonyl (C=O) groups excluding carboxylic acids is 1. The molecule has 1 aliphatic heterocycles. The van der Waals surface area contributed by atoms with Crippen LogP contribution in [0.3, 0.4) is 0 Å². The normalized spacial score (nSPS) is 23.5. The van der Waals surface area contributed by atoms with Gasteiger partial charge in [0.15, 0.2) is 0 Å². The first-order valence-corrected chi connectivity index (χ1v) is 5.74. The van der Waals surface area contributed by atoms with Crippen molar-refractivity contribution >= 4 is 5.91 Å². The van der Waals surface area contributed by atoms with Gasteiger partial charge in [0.25, 0.3) is 0 Å². The van der Waals surface area contributed by atoms with Crippen LogP contribution in [-0.2, 0) is 9.53 Å². The summed E-state index contributed by atoms with van der Waals surface area (Å²) in [7, 11) is 1.68. The number of nitrogens with one attached hydrogen (secondary N) is 2. The third kappa shape index (κ3) is 4.62. The standard InChI is InChI=1S/C11H22N2O2/c1-9(8-15-2)7-13-11(14)10-5-3-4-6-12-10/h9-10,12H,3-8H2,1-2H3,(H,13,14)/t9?,10-/m0/s1. The molecule has 1 heterocycles. The first kappa shape index (κ1) is 12.5. The lowest BCUT2D eigenvalue weighted by Gasteiger charge is -2.23. The lowest BCUT2D eigenvalue weighted by atomic mass is 10.0. The van der Waals surface area contributed by atoms with Crippen molar-refractivity contribution in [1.29, 1.82) is 0 Å². The fraction of sp³-hybridized carbons (Fsp3) is 0.909. The Morgan fingerprint density at radius 1 is 1.60 bits per heavy atom. The molecular weight excluding hydrogens is 192 g/mol. The Balaban J connectivity index is 2.16. The zero-order chi connectivity index (χ0) is 11.1. The van der Waals surface area contributed by atoms with Crippen molar-refractivity contribution in [1.82, 2.24) is 10.6 Å². The first-order chi connectivity index (χ1) is 7.24. The van der Waals surface area contributed by atoms with Crippen molar-refractivity contribution in [3.8, 4) is 0 Å². The average molecular weight is 214 g/mol. The van der Waals surface area contributed by atoms with Gasteiger partial charge in [0, 0.05) is 13.7 Å². The van der Waals surface area contributed by atoms with Crippen LogP contribution in [0.15, 0.2) is 0 Å². The van der Waals surface area contributed by atoms with Gasteiger partial charge in [0.1, 0.15) is 0 Å². The summed E-state index contributed by atoms with van der Waals surface area (Å²) in [5.74, 6) is 0.514. The number of ether oxygens (including phenoxy) is 1. The van der Waals surface area contributed by atoms with Crippen molar-refractivity contribution < 1.29 is 9.53 Å². The highest BCUT2D eigenvalue weighted by Gasteiger charge is 2.20. The Kier molecular flexibility index (Phi) is 5.65. The molecule has 0 aromatic heterocycles. The van der Waals surface area contributed by atoms with Crippen LogP contribution in [0.4, 0.5) is 0 Å². The highest BCUT2D eigenvalue weighted by atomic mass is 16.5. The van der Waals surface area contributed by atoms with Crippen LogP contribution >= 0.6 is 0 Å². The molecule has 0 aromatic carbocycles. The van der Waals surface area contributed by atoms with E-state index in [1.165, 1.54) is 6.42 Å². The summed E-state index contributed by atoms with van der Waals surface area (Å²) in [5, 5.41) is 6.19. The van der Waals surface area contributed by atoms with E-state index in [9.17, 15) is 4.79 Å². The summed E-state index contributed by atoms with van der Waals surface area (Å²) >= 11 is 0. The minimum Gasteiger partial charge on any atom is -0.384 e. The molecule has 1 saturated heterocycles. The average Bonchev–Trinajstić information content (AvgIpc) is 2.27. The topological polar surface area (TPSA) is 50.4 Å². The molecule has 88 valence electrons. The number of piperidine rings is 1. The largest absolute Gasteiger partial charge is 0.384 e. The Morgan fingerprint density at radius 3 is 3.00 bits per heavy atom. The number of rotatable bonds is 5. The van der Waals surface area contributed by atoms with Gasteiger partial charge in [0.05, 0.1) is 12.6 Å². The Bertz CT molecular complexity index is 191. The van der Waals surface area contributed by atoms with Gasteiger partial charge in [-0.25, -0.2) is 0 Å². The number of hydrogen-bond donors (Lipinski definition) is 2. The highest BCUT2D eigenvalue weighted by Crippen LogP contribution is 2.06. The molecule has 2 atom stereocenters. The van der Waals surface area contributed by atoms with Crippen molar-refractivity contribution in [2.75, 3.05) is 26.8 Å². The Labute approximate surface area is 91.8 Å². The van der Waals surface area contributed by atoms with Crippen molar-refractivity contribution in [3.63, 3.8) is 0 Å². The predicted octanol–water partition coefficient (Wildman–Crippen LogP) is 0.527. The van der Waals surface area contributed by atoms with Gasteiger partial charge in [0.2, 0.25) is 5.91 Å². The molecule has 1 amide bonds. The Morgan fingerprint density at radius 2 is 2.40 bits per heavy atom. The van der Waals surface area contributed by atoms with Crippen LogP contribution in [0.25, 0.3) is 0 Å². The summed E-state index contributed by atoms with van der Waals surface area (Å²) in [6.45, 7) is 4.42. The van der Waals surface area contributed by atoms with Crippen LogP contribution in [-0.4, -0.2) is 38.8 Å². The maximum absolute atomic E-state index is 11.7. The van der Waals surface area contributed by atoms with Crippen molar-refractivity contribution in [3.05, 3.63) is 0 Å². The summed E-state index contributed by atoms with van der Waals surface area (Å²) in [5.41, 5.74) is 0. The van der Waals surface area contributed by atoms with E-state index in [1.807, 2.05) is 0 Å². The van der Waals surface area contributed by atoms with Crippen LogP contribution in [0.1, 0.15) is 26.2 Å². The van der Waals surface area contributed by atoms with Gasteiger partial charge in [-0.15, -0.1) is 0 Å². The lowest BCUT2D eigenvalue weighted by molar-refractivity contribution is -0.123. The third-order valence-electron chi connectivity index (χ3n) is 2.70. The van der Waals surface area contributed by atoms with Gasteiger partial charge in [-0.1, -0.05) is 13.3 Å². The van der Waals surface area contributed by atoms with Gasteiger partial charge in [-0.2, -0.15) is 0 Å². The number of carbonyl (C=O) groups is 1. The van der Waals surface area contributed by atoms with E-state index >= 15 is 0 Å². The maximum atomic E-state index is 11.7. The molecule has 2 N–H and O–H groups in total. The molecule has 1 fully saturated rings. The van der Waals surface area contributed by atoms with Crippen molar-refractivity contribution in [2.45, 2.75) is 32.2 Å². The van der Waals surface area contributed by atoms with E-state index < -0.39 is 0 Å². The molecule has 4 heteroatoms. The molecule has 0 bridgehead atoms. The summed E-state index contributed by atoms with van der Waals surface area (Å²) < 4.78 is 5.01. The summed E-state index contributed by atoms with van der Waals surface area (Å²) in [6.07, 6.45) is 3.30. The van der Waals surface area contributed by atoms with E-state index in [4.69, 9.17) is 4.74 Å². The number of methoxy groups -OCH3 is 1. The lowest BCUT2D eigenvalue weighted by Crippen LogP contribution is -2.47. The summed E-state index contributed by atoms with van der Waals surface area (Å²) in [6, 6.07) is 0.0218.